The normalized spacial score (nSPS) is 29.5. The lowest BCUT2D eigenvalue weighted by Crippen LogP contribution is -2.40. The van der Waals surface area contributed by atoms with Gasteiger partial charge in [0, 0.05) is 26.0 Å². The molecule has 0 bridgehead atoms. The van der Waals surface area contributed by atoms with E-state index < -0.39 is 42.5 Å². The van der Waals surface area contributed by atoms with Gasteiger partial charge >= 0.3 is 12.4 Å². The summed E-state index contributed by atoms with van der Waals surface area (Å²) in [6.07, 6.45) is -0.804. The van der Waals surface area contributed by atoms with E-state index in [1.807, 2.05) is 6.92 Å². The van der Waals surface area contributed by atoms with Crippen molar-refractivity contribution < 1.29 is 23.4 Å². The van der Waals surface area contributed by atoms with Gasteiger partial charge in [-0.2, -0.15) is 0 Å². The Balaban J connectivity index is 2.42. The molecule has 2 heterocycles. The zero-order valence-corrected chi connectivity index (χ0v) is 15.5. The van der Waals surface area contributed by atoms with Crippen LogP contribution in [0.25, 0.3) is 0 Å². The van der Waals surface area contributed by atoms with E-state index in [-0.39, 0.29) is 0 Å². The van der Waals surface area contributed by atoms with Gasteiger partial charge in [0.2, 0.25) is 0 Å². The molecule has 3 unspecified atom stereocenters. The van der Waals surface area contributed by atoms with Crippen LogP contribution in [0.3, 0.4) is 0 Å². The molecule has 0 radical (unpaired) electrons. The first-order valence-electron chi connectivity index (χ1n) is 7.31. The highest BCUT2D eigenvalue weighted by atomic mass is 32.5. The number of H-pyrrole nitrogens is 1. The molecule has 5 atom stereocenters. The van der Waals surface area contributed by atoms with Gasteiger partial charge in [-0.05, 0) is 25.2 Å². The van der Waals surface area contributed by atoms with Gasteiger partial charge in [0.1, 0.15) is 12.2 Å². The van der Waals surface area contributed by atoms with Gasteiger partial charge in [-0.3, -0.25) is 18.9 Å². The van der Waals surface area contributed by atoms with Gasteiger partial charge in [0.15, 0.2) is 6.23 Å². The number of hydrogen-bond acceptors (Lipinski definition) is 7. The fourth-order valence-electron chi connectivity index (χ4n) is 2.61. The van der Waals surface area contributed by atoms with Gasteiger partial charge in [-0.15, -0.1) is 0 Å². The Morgan fingerprint density at radius 1 is 1.42 bits per heavy atom. The average molecular weight is 380 g/mol. The smallest absolute Gasteiger partial charge is 0.330 e. The van der Waals surface area contributed by atoms with Crippen molar-refractivity contribution in [2.75, 3.05) is 14.2 Å². The predicted molar refractivity (Wildman–Crippen MR) is 89.4 cm³/mol. The van der Waals surface area contributed by atoms with E-state index in [1.54, 1.807) is 6.92 Å². The summed E-state index contributed by atoms with van der Waals surface area (Å²) in [5.74, 6) is 0. The van der Waals surface area contributed by atoms with Crippen molar-refractivity contribution in [3.8, 4) is 0 Å². The second-order valence-corrected chi connectivity index (χ2v) is 8.27. The van der Waals surface area contributed by atoms with Gasteiger partial charge < -0.3 is 18.9 Å². The summed E-state index contributed by atoms with van der Waals surface area (Å²) in [5, 5.41) is 0. The Morgan fingerprint density at radius 3 is 2.62 bits per heavy atom. The van der Waals surface area contributed by atoms with E-state index in [0.717, 1.165) is 0 Å². The van der Waals surface area contributed by atoms with Crippen LogP contribution < -0.4 is 11.2 Å². The largest absolute Gasteiger partial charge is 0.374 e. The third-order valence-electron chi connectivity index (χ3n) is 3.87. The quantitative estimate of drug-likeness (QED) is 0.683. The van der Waals surface area contributed by atoms with Crippen molar-refractivity contribution >= 4 is 18.5 Å². The number of methoxy groups -OCH3 is 1. The van der Waals surface area contributed by atoms with Crippen molar-refractivity contribution in [1.29, 1.82) is 0 Å². The number of aryl methyl sites for hydroxylation is 1. The number of aromatic amines is 1. The monoisotopic (exact) mass is 380 g/mol. The molecule has 1 aliphatic rings. The Labute approximate surface area is 143 Å². The van der Waals surface area contributed by atoms with Crippen molar-refractivity contribution in [3.05, 3.63) is 32.6 Å². The van der Waals surface area contributed by atoms with Crippen molar-refractivity contribution in [3.63, 3.8) is 0 Å². The molecule has 2 N–H and O–H groups in total. The summed E-state index contributed by atoms with van der Waals surface area (Å²) in [6.45, 7) is 0.00155. The molecule has 11 heteroatoms. The van der Waals surface area contributed by atoms with Crippen molar-refractivity contribution in [2.45, 2.75) is 44.8 Å². The fourth-order valence-corrected chi connectivity index (χ4v) is 3.56. The van der Waals surface area contributed by atoms with Crippen molar-refractivity contribution in [1.82, 2.24) is 9.55 Å². The molecule has 2 rings (SSSR count). The van der Waals surface area contributed by atoms with E-state index in [4.69, 9.17) is 30.3 Å². The van der Waals surface area contributed by atoms with Crippen LogP contribution in [-0.2, 0) is 30.3 Å². The highest BCUT2D eigenvalue weighted by Gasteiger charge is 2.48. The predicted octanol–water partition coefficient (Wildman–Crippen LogP) is 0.416. The minimum atomic E-state index is -3.44. The van der Waals surface area contributed by atoms with Crippen LogP contribution >= 0.6 is 6.72 Å². The first kappa shape index (κ1) is 19.5. The second-order valence-electron chi connectivity index (χ2n) is 5.37. The SMILES string of the molecule is CC[C@H]1O[C@@H](n2cc(C)c(=O)[nH]c2=O)C(OC)C1OP(O)(=S)OC. The lowest BCUT2D eigenvalue weighted by molar-refractivity contribution is -0.0540. The van der Waals surface area contributed by atoms with Crippen LogP contribution in [-0.4, -0.2) is 47.0 Å². The summed E-state index contributed by atoms with van der Waals surface area (Å²) in [5.41, 5.74) is -0.730. The summed E-state index contributed by atoms with van der Waals surface area (Å²) in [4.78, 5) is 35.9. The Bertz CT molecular complexity index is 749. The molecule has 0 saturated carbocycles. The molecule has 0 amide bonds. The Morgan fingerprint density at radius 2 is 2.08 bits per heavy atom. The van der Waals surface area contributed by atoms with Crippen LogP contribution in [0, 0.1) is 6.92 Å². The van der Waals surface area contributed by atoms with Crippen LogP contribution in [0.5, 0.6) is 0 Å². The number of nitrogens with one attached hydrogen (secondary N) is 1. The third kappa shape index (κ3) is 3.85. The van der Waals surface area contributed by atoms with E-state index in [2.05, 4.69) is 4.98 Å². The first-order valence-corrected chi connectivity index (χ1v) is 9.90. The standard InChI is InChI=1S/C13H21N2O7PS/c1-5-8-9(22-23(18,24)20-4)10(19-3)12(21-8)15-6-7(2)11(16)14-13(15)17/h6,8-10,12H,5H2,1-4H3,(H,18,24)(H,14,16,17)/t8-,9?,10?,12-,23?/m1/s1. The molecule has 24 heavy (non-hydrogen) atoms. The minimum Gasteiger partial charge on any atom is -0.374 e. The number of nitrogens with zero attached hydrogens (tertiary/aromatic N) is 1. The van der Waals surface area contributed by atoms with Crippen molar-refractivity contribution in [2.24, 2.45) is 0 Å². The molecular weight excluding hydrogens is 359 g/mol. The molecule has 0 spiro atoms. The number of rotatable bonds is 6. The summed E-state index contributed by atoms with van der Waals surface area (Å²) in [7, 11) is 2.69. The lowest BCUT2D eigenvalue weighted by atomic mass is 10.1. The molecule has 1 aromatic rings. The fraction of sp³-hybridized carbons (Fsp3) is 0.692. The van der Waals surface area contributed by atoms with Gasteiger partial charge in [-0.1, -0.05) is 6.92 Å². The number of aromatic nitrogens is 2. The Hall–Kier alpha value is -0.870. The highest BCUT2D eigenvalue weighted by molar-refractivity contribution is 8.07. The zero-order valence-electron chi connectivity index (χ0n) is 13.8. The summed E-state index contributed by atoms with van der Waals surface area (Å²) in [6, 6.07) is 0. The van der Waals surface area contributed by atoms with E-state index in [9.17, 15) is 14.5 Å². The van der Waals surface area contributed by atoms with Gasteiger partial charge in [-0.25, -0.2) is 4.79 Å². The molecule has 0 aromatic carbocycles. The molecule has 1 fully saturated rings. The minimum absolute atomic E-state index is 0.356. The van der Waals surface area contributed by atoms with Crippen LogP contribution in [0.1, 0.15) is 25.1 Å². The zero-order chi connectivity index (χ0) is 18.1. The topological polar surface area (TPSA) is 112 Å². The lowest BCUT2D eigenvalue weighted by Gasteiger charge is -2.26. The Kier molecular flexibility index (Phi) is 6.14. The molecule has 9 nitrogen and oxygen atoms in total. The molecule has 136 valence electrons. The van der Waals surface area contributed by atoms with E-state index in [0.29, 0.717) is 12.0 Å². The maximum atomic E-state index is 12.1. The average Bonchev–Trinajstić information content (AvgIpc) is 2.87. The maximum Gasteiger partial charge on any atom is 0.330 e. The van der Waals surface area contributed by atoms with Crippen LogP contribution in [0.2, 0.25) is 0 Å². The maximum absolute atomic E-state index is 12.1. The molecule has 1 saturated heterocycles. The third-order valence-corrected chi connectivity index (χ3v) is 5.54. The van der Waals surface area contributed by atoms with Crippen LogP contribution in [0.4, 0.5) is 0 Å². The summed E-state index contributed by atoms with van der Waals surface area (Å²) < 4.78 is 22.9. The molecular formula is C13H21N2O7PS. The second kappa shape index (κ2) is 7.57. The molecule has 0 aliphatic carbocycles. The highest BCUT2D eigenvalue weighted by Crippen LogP contribution is 2.48. The van der Waals surface area contributed by atoms with Gasteiger partial charge in [0.25, 0.3) is 5.56 Å². The summed E-state index contributed by atoms with van der Waals surface area (Å²) >= 11 is 4.90. The number of hydrogen-bond donors (Lipinski definition) is 2. The van der Waals surface area contributed by atoms with Gasteiger partial charge in [0.05, 0.1) is 6.10 Å². The van der Waals surface area contributed by atoms with E-state index in [1.165, 1.54) is 25.0 Å². The molecule has 1 aliphatic heterocycles. The van der Waals surface area contributed by atoms with Crippen LogP contribution in [0.15, 0.2) is 15.8 Å². The molecule has 1 aromatic heterocycles. The first-order chi connectivity index (χ1) is 11.2. The number of ether oxygens (including phenoxy) is 2. The van der Waals surface area contributed by atoms with E-state index >= 15 is 0 Å².